The van der Waals surface area contributed by atoms with Crippen LogP contribution in [0.3, 0.4) is 0 Å². The lowest BCUT2D eigenvalue weighted by Gasteiger charge is -2.38. The molecule has 0 aromatic rings. The quantitative estimate of drug-likeness (QED) is 0.265. The minimum absolute atomic E-state index is 0.649. The monoisotopic (exact) mass is 430 g/mol. The molecule has 0 aliphatic carbocycles. The molecule has 0 aromatic heterocycles. The van der Waals surface area contributed by atoms with Gasteiger partial charge in [-0.25, -0.2) is 0 Å². The van der Waals surface area contributed by atoms with Gasteiger partial charge in [0.05, 0.1) is 18.4 Å². The van der Waals surface area contributed by atoms with E-state index in [1.807, 2.05) is 0 Å². The highest BCUT2D eigenvalue weighted by Crippen LogP contribution is 2.54. The highest BCUT2D eigenvalue weighted by atomic mass is 19.4. The molecule has 11 heteroatoms. The van der Waals surface area contributed by atoms with Crippen molar-refractivity contribution in [2.24, 2.45) is 10.8 Å². The van der Waals surface area contributed by atoms with E-state index < -0.39 is 53.8 Å². The zero-order valence-electron chi connectivity index (χ0n) is 16.2. The maximum absolute atomic E-state index is 13.5. The van der Waals surface area contributed by atoms with Crippen LogP contribution in [0.1, 0.15) is 48.0 Å². The number of rotatable bonds is 7. The summed E-state index contributed by atoms with van der Waals surface area (Å²) in [5, 5.41) is 0. The zero-order chi connectivity index (χ0) is 23.0. The van der Waals surface area contributed by atoms with Crippen molar-refractivity contribution < 1.29 is 49.0 Å². The second-order valence-electron chi connectivity index (χ2n) is 7.91. The van der Waals surface area contributed by atoms with Gasteiger partial charge in [-0.15, -0.1) is 0 Å². The number of alkyl halides is 9. The van der Waals surface area contributed by atoms with Crippen LogP contribution in [0.15, 0.2) is 11.6 Å². The van der Waals surface area contributed by atoms with Gasteiger partial charge in [-0.2, -0.15) is 39.5 Å². The summed E-state index contributed by atoms with van der Waals surface area (Å²) < 4.78 is 120. The van der Waals surface area contributed by atoms with E-state index in [2.05, 4.69) is 4.74 Å². The Morgan fingerprint density at radius 2 is 1.25 bits per heavy atom. The number of carbonyl (C=O) groups excluding carboxylic acids is 1. The molecular formula is C17H23F9O2. The van der Waals surface area contributed by atoms with Crippen LogP contribution in [0.25, 0.3) is 0 Å². The van der Waals surface area contributed by atoms with Crippen LogP contribution in [-0.2, 0) is 9.53 Å². The van der Waals surface area contributed by atoms with Gasteiger partial charge >= 0.3 is 29.9 Å². The van der Waals surface area contributed by atoms with Crippen molar-refractivity contribution >= 4 is 5.97 Å². The van der Waals surface area contributed by atoms with E-state index in [1.54, 1.807) is 34.6 Å². The Kier molecular flexibility index (Phi) is 7.38. The number of allylic oxidation sites excluding steroid dienone is 1. The smallest absolute Gasteiger partial charge is 0.460 e. The molecule has 1 unspecified atom stereocenters. The van der Waals surface area contributed by atoms with Crippen LogP contribution in [-0.4, -0.2) is 36.5 Å². The average molecular weight is 430 g/mol. The van der Waals surface area contributed by atoms with Crippen LogP contribution in [0, 0.1) is 10.8 Å². The fourth-order valence-corrected chi connectivity index (χ4v) is 2.15. The molecule has 0 saturated carbocycles. The normalized spacial score (nSPS) is 16.4. The van der Waals surface area contributed by atoms with Gasteiger partial charge < -0.3 is 4.74 Å². The predicted octanol–water partition coefficient (Wildman–Crippen LogP) is 6.41. The third kappa shape index (κ3) is 4.94. The summed E-state index contributed by atoms with van der Waals surface area (Å²) in [5.74, 6) is -20.6. The van der Waals surface area contributed by atoms with Gasteiger partial charge in [0.15, 0.2) is 0 Å². The molecule has 0 saturated heterocycles. The van der Waals surface area contributed by atoms with Gasteiger partial charge in [-0.05, 0) is 26.2 Å². The number of ether oxygens (including phenoxy) is 1. The van der Waals surface area contributed by atoms with Crippen molar-refractivity contribution in [2.75, 3.05) is 6.61 Å². The van der Waals surface area contributed by atoms with Gasteiger partial charge in [-0.1, -0.05) is 32.4 Å². The number of halogens is 9. The fourth-order valence-electron chi connectivity index (χ4n) is 2.15. The summed E-state index contributed by atoms with van der Waals surface area (Å²) in [5.41, 5.74) is -1.55. The van der Waals surface area contributed by atoms with Gasteiger partial charge in [-0.3, -0.25) is 4.79 Å². The molecule has 0 aliphatic rings. The molecule has 0 radical (unpaired) electrons. The van der Waals surface area contributed by atoms with E-state index in [9.17, 15) is 44.3 Å². The average Bonchev–Trinajstić information content (AvgIpc) is 2.43. The molecule has 166 valence electrons. The molecule has 0 aromatic carbocycles. The van der Waals surface area contributed by atoms with Crippen molar-refractivity contribution in [3.8, 4) is 0 Å². The molecule has 0 bridgehead atoms. The van der Waals surface area contributed by atoms with Crippen LogP contribution >= 0.6 is 0 Å². The number of hydrogen-bond donors (Lipinski definition) is 0. The summed E-state index contributed by atoms with van der Waals surface area (Å²) in [6.07, 6.45) is -7.64. The van der Waals surface area contributed by atoms with E-state index in [1.165, 1.54) is 13.0 Å². The Bertz CT molecular complexity index is 597. The number of hydrogen-bond acceptors (Lipinski definition) is 2. The Hall–Kier alpha value is -1.42. The molecule has 0 amide bonds. The molecule has 0 aliphatic heterocycles. The van der Waals surface area contributed by atoms with Crippen molar-refractivity contribution in [1.82, 2.24) is 0 Å². The molecular weight excluding hydrogens is 407 g/mol. The first-order chi connectivity index (χ1) is 12.0. The molecule has 1 atom stereocenters. The van der Waals surface area contributed by atoms with Gasteiger partial charge in [0.1, 0.15) is 0 Å². The largest absolute Gasteiger partial charge is 0.465 e. The second-order valence-corrected chi connectivity index (χ2v) is 7.91. The standard InChI is InChI=1S/C17H23F9O2/c1-10(2)9-13(6,12(3,4)5)11(27)28-8-7-14(18,19)15(20,21)16(22,23)17(24,25)26/h9H,7-8H2,1-6H3. The minimum Gasteiger partial charge on any atom is -0.465 e. The van der Waals surface area contributed by atoms with Gasteiger partial charge in [0.2, 0.25) is 0 Å². The first-order valence-electron chi connectivity index (χ1n) is 8.08. The van der Waals surface area contributed by atoms with Crippen LogP contribution in [0.2, 0.25) is 0 Å². The van der Waals surface area contributed by atoms with Gasteiger partial charge in [0.25, 0.3) is 0 Å². The molecule has 2 nitrogen and oxygen atoms in total. The maximum atomic E-state index is 13.5. The van der Waals surface area contributed by atoms with Crippen molar-refractivity contribution in [1.29, 1.82) is 0 Å². The second kappa shape index (κ2) is 7.78. The van der Waals surface area contributed by atoms with E-state index in [0.717, 1.165) is 0 Å². The number of esters is 1. The van der Waals surface area contributed by atoms with Crippen molar-refractivity contribution in [3.63, 3.8) is 0 Å². The lowest BCUT2D eigenvalue weighted by molar-refractivity contribution is -0.397. The van der Waals surface area contributed by atoms with Crippen LogP contribution < -0.4 is 0 Å². The first-order valence-corrected chi connectivity index (χ1v) is 8.08. The van der Waals surface area contributed by atoms with E-state index >= 15 is 0 Å². The third-order valence-electron chi connectivity index (χ3n) is 4.42. The van der Waals surface area contributed by atoms with Crippen molar-refractivity contribution in [2.45, 2.75) is 71.9 Å². The van der Waals surface area contributed by atoms with Crippen LogP contribution in [0.5, 0.6) is 0 Å². The molecule has 0 heterocycles. The lowest BCUT2D eigenvalue weighted by Crippen LogP contribution is -2.61. The Morgan fingerprint density at radius 1 is 0.821 bits per heavy atom. The number of carbonyl (C=O) groups is 1. The lowest BCUT2D eigenvalue weighted by atomic mass is 9.67. The molecule has 28 heavy (non-hydrogen) atoms. The highest BCUT2D eigenvalue weighted by Gasteiger charge is 2.81. The molecule has 0 fully saturated rings. The molecule has 0 rings (SSSR count). The van der Waals surface area contributed by atoms with E-state index in [0.29, 0.717) is 5.57 Å². The predicted molar refractivity (Wildman–Crippen MR) is 83.5 cm³/mol. The highest BCUT2D eigenvalue weighted by molar-refractivity contribution is 5.79. The first kappa shape index (κ1) is 26.6. The SMILES string of the molecule is CC(C)=CC(C)(C(=O)OCCC(F)(F)C(F)(F)C(F)(F)C(F)(F)F)C(C)(C)C. The van der Waals surface area contributed by atoms with Crippen molar-refractivity contribution in [3.05, 3.63) is 11.6 Å². The maximum Gasteiger partial charge on any atom is 0.460 e. The van der Waals surface area contributed by atoms with E-state index in [4.69, 9.17) is 0 Å². The zero-order valence-corrected chi connectivity index (χ0v) is 16.2. The van der Waals surface area contributed by atoms with E-state index in [-0.39, 0.29) is 0 Å². The third-order valence-corrected chi connectivity index (χ3v) is 4.42. The molecule has 0 spiro atoms. The van der Waals surface area contributed by atoms with Gasteiger partial charge in [0, 0.05) is 0 Å². The summed E-state index contributed by atoms with van der Waals surface area (Å²) in [4.78, 5) is 12.3. The minimum atomic E-state index is -6.96. The Balaban J connectivity index is 5.45. The summed E-state index contributed by atoms with van der Waals surface area (Å²) in [7, 11) is 0. The summed E-state index contributed by atoms with van der Waals surface area (Å²) in [6, 6.07) is 0. The summed E-state index contributed by atoms with van der Waals surface area (Å²) >= 11 is 0. The van der Waals surface area contributed by atoms with Crippen LogP contribution in [0.4, 0.5) is 39.5 Å². The summed E-state index contributed by atoms with van der Waals surface area (Å²) in [6.45, 7) is 8.02. The fraction of sp³-hybridized carbons (Fsp3) is 0.824. The Morgan fingerprint density at radius 3 is 1.57 bits per heavy atom. The Labute approximate surface area is 157 Å². The molecule has 0 N–H and O–H groups in total. The topological polar surface area (TPSA) is 26.3 Å².